The fourth-order valence-corrected chi connectivity index (χ4v) is 9.35. The number of alkyl halides is 6. The second kappa shape index (κ2) is 28.5. The second-order valence-corrected chi connectivity index (χ2v) is 20.3. The number of ether oxygens (including phenoxy) is 3. The molecule has 9 aromatic rings. The fourth-order valence-electron chi connectivity index (χ4n) is 9.35. The van der Waals surface area contributed by atoms with E-state index in [-0.39, 0.29) is 52.3 Å². The van der Waals surface area contributed by atoms with Gasteiger partial charge in [0.15, 0.2) is 0 Å². The molecule has 3 aromatic heterocycles. The van der Waals surface area contributed by atoms with E-state index in [4.69, 9.17) is 0 Å². The largest absolute Gasteiger partial charge is 0.433 e. The molecule has 0 unspecified atom stereocenters. The van der Waals surface area contributed by atoms with Crippen molar-refractivity contribution in [1.82, 2.24) is 29.9 Å². The van der Waals surface area contributed by atoms with Gasteiger partial charge in [-0.05, 0) is 148 Å². The van der Waals surface area contributed by atoms with Crippen LogP contribution < -0.4 is 62.1 Å². The Kier molecular flexibility index (Phi) is 19.6. The van der Waals surface area contributed by atoms with Crippen molar-refractivity contribution in [3.8, 4) is 17.2 Å². The van der Waals surface area contributed by atoms with Gasteiger partial charge >= 0.3 is 19.8 Å². The number of anilines is 15. The van der Waals surface area contributed by atoms with Crippen molar-refractivity contribution in [2.24, 2.45) is 0 Å². The summed E-state index contributed by atoms with van der Waals surface area (Å²) in [4.78, 5) is 60.8. The van der Waals surface area contributed by atoms with Gasteiger partial charge in [-0.25, -0.2) is 15.0 Å². The van der Waals surface area contributed by atoms with Crippen LogP contribution in [0.4, 0.5) is 113 Å². The summed E-state index contributed by atoms with van der Waals surface area (Å²) in [5.41, 5.74) is 11.5. The first-order valence-electron chi connectivity index (χ1n) is 28.0. The minimum Gasteiger partial charge on any atom is -0.433 e. The molecule has 12 rings (SSSR count). The van der Waals surface area contributed by atoms with Gasteiger partial charge in [0, 0.05) is 88.7 Å². The van der Waals surface area contributed by atoms with Crippen molar-refractivity contribution < 1.29 is 54.9 Å². The van der Waals surface area contributed by atoms with Crippen LogP contribution in [0.2, 0.25) is 0 Å². The van der Waals surface area contributed by atoms with Crippen molar-refractivity contribution in [2.75, 3.05) is 47.9 Å². The lowest BCUT2D eigenvalue weighted by molar-refractivity contribution is -0.117. The molecule has 0 atom stereocenters. The Morgan fingerprint density at radius 1 is 0.378 bits per heavy atom. The molecule has 0 radical (unpaired) electrons. The third-order valence-electron chi connectivity index (χ3n) is 13.8. The number of aryl methyl sites for hydroxylation is 6. The van der Waals surface area contributed by atoms with Crippen molar-refractivity contribution in [3.05, 3.63) is 179 Å². The third kappa shape index (κ3) is 16.6. The van der Waals surface area contributed by atoms with Crippen molar-refractivity contribution in [2.45, 2.75) is 79.1 Å². The summed E-state index contributed by atoms with van der Waals surface area (Å²) in [6, 6.07) is 35.9. The first kappa shape index (κ1) is 61.8. The van der Waals surface area contributed by atoms with Gasteiger partial charge < -0.3 is 62.1 Å². The maximum absolute atomic E-state index is 12.7. The lowest BCUT2D eigenvalue weighted by Crippen LogP contribution is -2.19. The number of para-hydroxylation sites is 6. The molecule has 6 aromatic carbocycles. The Bertz CT molecular complexity index is 4090. The summed E-state index contributed by atoms with van der Waals surface area (Å²) in [5.74, 6) is 2.43. The van der Waals surface area contributed by atoms with E-state index in [0.29, 0.717) is 66.3 Å². The minimum atomic E-state index is -2.99. The first-order valence-corrected chi connectivity index (χ1v) is 28.0. The molecule has 0 aliphatic carbocycles. The molecule has 90 heavy (non-hydrogen) atoms. The van der Waals surface area contributed by atoms with Crippen LogP contribution in [0, 0.1) is 20.8 Å². The molecule has 0 bridgehead atoms. The average molecular weight is 1230 g/mol. The van der Waals surface area contributed by atoms with Crippen LogP contribution in [0.1, 0.15) is 52.6 Å². The van der Waals surface area contributed by atoms with E-state index in [1.54, 1.807) is 67.8 Å². The number of nitrogens with one attached hydrogen (secondary N) is 9. The van der Waals surface area contributed by atoms with E-state index >= 15 is 0 Å². The SMILES string of the molecule is Cc1cnc(Nc2ccc3c(c2)CCC(=O)N3)nc1Nc1ccc2c(c1)CCC(=O)N2.Cc1cnc(Nc2ccc3c(c2)CCC(=O)N3)nc1Nc1ccccc1OC(F)F.Cc1cnc(Nc2ccccc2OC(F)F)nc1Nc1ccccc1OC(F)F. The highest BCUT2D eigenvalue weighted by Crippen LogP contribution is 2.35. The number of carbonyl (C=O) groups is 3. The summed E-state index contributed by atoms with van der Waals surface area (Å²) in [6.07, 6.45) is 8.46. The molecule has 462 valence electrons. The van der Waals surface area contributed by atoms with E-state index in [1.807, 2.05) is 68.4 Å². The summed E-state index contributed by atoms with van der Waals surface area (Å²) >= 11 is 0. The number of amides is 3. The summed E-state index contributed by atoms with van der Waals surface area (Å²) in [5, 5.41) is 27.1. The first-order chi connectivity index (χ1) is 43.4. The number of hydrogen-bond acceptors (Lipinski definition) is 18. The molecule has 0 fully saturated rings. The maximum atomic E-state index is 12.7. The molecule has 9 N–H and O–H groups in total. The molecular weight excluding hydrogens is 1180 g/mol. The monoisotopic (exact) mass is 1230 g/mol. The predicted molar refractivity (Wildman–Crippen MR) is 329 cm³/mol. The number of hydrogen-bond donors (Lipinski definition) is 9. The lowest BCUT2D eigenvalue weighted by atomic mass is 10.0. The molecule has 0 spiro atoms. The zero-order valence-electron chi connectivity index (χ0n) is 48.2. The van der Waals surface area contributed by atoms with Crippen LogP contribution in [0.25, 0.3) is 0 Å². The summed E-state index contributed by atoms with van der Waals surface area (Å²) in [7, 11) is 0. The molecule has 0 saturated heterocycles. The van der Waals surface area contributed by atoms with Gasteiger partial charge in [-0.15, -0.1) is 0 Å². The molecule has 27 heteroatoms. The molecule has 3 aliphatic rings. The third-order valence-corrected chi connectivity index (χ3v) is 13.8. The topological polar surface area (TPSA) is 265 Å². The van der Waals surface area contributed by atoms with E-state index in [1.165, 1.54) is 30.5 Å². The van der Waals surface area contributed by atoms with Crippen LogP contribution in [-0.4, -0.2) is 67.5 Å². The van der Waals surface area contributed by atoms with Crippen LogP contribution in [0.5, 0.6) is 17.2 Å². The number of nitrogens with zero attached hydrogens (tertiary/aromatic N) is 6. The van der Waals surface area contributed by atoms with Crippen LogP contribution >= 0.6 is 0 Å². The van der Waals surface area contributed by atoms with Crippen LogP contribution in [0.15, 0.2) is 146 Å². The van der Waals surface area contributed by atoms with Gasteiger partial charge in [0.05, 0.1) is 17.1 Å². The molecule has 21 nitrogen and oxygen atoms in total. The van der Waals surface area contributed by atoms with E-state index in [2.05, 4.69) is 92.0 Å². The number of aromatic nitrogens is 6. The van der Waals surface area contributed by atoms with Gasteiger partial charge in [0.25, 0.3) is 0 Å². The molecule has 6 heterocycles. The normalized spacial score (nSPS) is 12.9. The molecule has 3 aliphatic heterocycles. The predicted octanol–water partition coefficient (Wildman–Crippen LogP) is 14.3. The van der Waals surface area contributed by atoms with Crippen LogP contribution in [0.3, 0.4) is 0 Å². The Hall–Kier alpha value is -11.3. The van der Waals surface area contributed by atoms with Gasteiger partial charge in [-0.3, -0.25) is 14.4 Å². The number of benzene rings is 6. The van der Waals surface area contributed by atoms with Crippen molar-refractivity contribution in [3.63, 3.8) is 0 Å². The Balaban J connectivity index is 0.000000149. The van der Waals surface area contributed by atoms with Gasteiger partial charge in [-0.1, -0.05) is 36.4 Å². The van der Waals surface area contributed by atoms with Crippen LogP contribution in [-0.2, 0) is 33.6 Å². The quantitative estimate of drug-likeness (QED) is 0.0362. The average Bonchev–Trinajstić information content (AvgIpc) is 3.26. The number of rotatable bonds is 18. The summed E-state index contributed by atoms with van der Waals surface area (Å²) in [6.45, 7) is -3.41. The fraction of sp³-hybridized carbons (Fsp3) is 0.190. The molecular formula is C63H57F6N15O6. The van der Waals surface area contributed by atoms with Crippen molar-refractivity contribution >= 4 is 104 Å². The van der Waals surface area contributed by atoms with Gasteiger partial charge in [0.2, 0.25) is 35.6 Å². The highest BCUT2D eigenvalue weighted by Gasteiger charge is 2.20. The van der Waals surface area contributed by atoms with E-state index in [0.717, 1.165) is 74.8 Å². The van der Waals surface area contributed by atoms with Crippen molar-refractivity contribution in [1.29, 1.82) is 0 Å². The Labute approximate surface area is 510 Å². The lowest BCUT2D eigenvalue weighted by Gasteiger charge is -2.19. The number of halogens is 6. The standard InChI is InChI=1S/C23H22N6O2.C21H19F2N5O2.C19H16F4N4O2/c1-13-12-24-23(26-17-5-7-19-15(11-17)3-9-21(31)28-19)29-22(13)25-16-4-6-18-14(10-16)2-8-20(30)27-18;1-12-11-24-21(25-14-7-8-15-13(10-14)6-9-18(29)26-15)28-19(12)27-16-4-2-3-5-17(16)30-20(22)23;1-11-10-24-19(26-13-7-3-5-9-15(13)29-18(22)23)27-16(11)25-12-6-2-4-8-14(12)28-17(20)21/h4-7,10-12H,2-3,8-9H2,1H3,(H,27,30)(H,28,31)(H2,24,25,26,29);2-5,7-8,10-11,20H,6,9H2,1H3,(H,26,29)(H2,24,25,27,28);2-10,17-18H,1H3,(H2,24,25,26,27). The van der Waals surface area contributed by atoms with Gasteiger partial charge in [-0.2, -0.15) is 41.3 Å². The minimum absolute atomic E-state index is 0.0110. The smallest absolute Gasteiger partial charge is 0.387 e. The van der Waals surface area contributed by atoms with Gasteiger partial charge in [0.1, 0.15) is 34.7 Å². The molecule has 0 saturated carbocycles. The zero-order valence-corrected chi connectivity index (χ0v) is 48.2. The number of fused-ring (bicyclic) bond motifs is 3. The molecule has 3 amide bonds. The highest BCUT2D eigenvalue weighted by atomic mass is 19.3. The Morgan fingerprint density at radius 3 is 1.02 bits per heavy atom. The number of carbonyl (C=O) groups excluding carboxylic acids is 3. The van der Waals surface area contributed by atoms with E-state index in [9.17, 15) is 40.7 Å². The maximum Gasteiger partial charge on any atom is 0.387 e. The van der Waals surface area contributed by atoms with E-state index < -0.39 is 19.8 Å². The zero-order chi connectivity index (χ0) is 63.3. The summed E-state index contributed by atoms with van der Waals surface area (Å²) < 4.78 is 89.2. The highest BCUT2D eigenvalue weighted by molar-refractivity contribution is 5.96. The second-order valence-electron chi connectivity index (χ2n) is 20.3. The Morgan fingerprint density at radius 2 is 0.678 bits per heavy atom.